The third-order valence-electron chi connectivity index (χ3n) is 3.46. The van der Waals surface area contributed by atoms with E-state index in [-0.39, 0.29) is 5.91 Å². The normalized spacial score (nSPS) is 10.7. The Hall–Kier alpha value is -2.89. The van der Waals surface area contributed by atoms with Crippen molar-refractivity contribution >= 4 is 11.6 Å². The number of aromatic nitrogens is 3. The van der Waals surface area contributed by atoms with Gasteiger partial charge in [0.1, 0.15) is 5.69 Å². The highest BCUT2D eigenvalue weighted by atomic mass is 16.5. The van der Waals surface area contributed by atoms with Crippen LogP contribution < -0.4 is 10.1 Å². The molecule has 0 aliphatic heterocycles. The Morgan fingerprint density at radius 2 is 2.17 bits per heavy atom. The van der Waals surface area contributed by atoms with Gasteiger partial charge in [-0.2, -0.15) is 0 Å². The van der Waals surface area contributed by atoms with Gasteiger partial charge < -0.3 is 10.1 Å². The highest BCUT2D eigenvalue weighted by Gasteiger charge is 2.18. The monoisotopic (exact) mass is 310 g/mol. The molecule has 0 aliphatic rings. The number of carbonyl (C=O) groups excluding carboxylic acids is 1. The van der Waals surface area contributed by atoms with Gasteiger partial charge in [0.25, 0.3) is 5.91 Å². The molecule has 0 spiro atoms. The van der Waals surface area contributed by atoms with Crippen molar-refractivity contribution in [3.8, 4) is 5.75 Å². The summed E-state index contributed by atoms with van der Waals surface area (Å²) in [6.45, 7) is 4.66. The first-order chi connectivity index (χ1) is 11.2. The van der Waals surface area contributed by atoms with Crippen molar-refractivity contribution in [2.45, 2.75) is 20.4 Å². The summed E-state index contributed by atoms with van der Waals surface area (Å²) < 4.78 is 7.33. The minimum absolute atomic E-state index is 0.186. The van der Waals surface area contributed by atoms with Crippen LogP contribution in [-0.4, -0.2) is 26.9 Å². The predicted molar refractivity (Wildman–Crippen MR) is 86.5 cm³/mol. The maximum Gasteiger partial charge on any atom is 0.270 e. The molecule has 3 rings (SSSR count). The average molecular weight is 310 g/mol. The van der Waals surface area contributed by atoms with Gasteiger partial charge >= 0.3 is 0 Å². The fraction of sp³-hybridized carbons (Fsp3) is 0.235. The van der Waals surface area contributed by atoms with Gasteiger partial charge in [-0.25, -0.2) is 4.98 Å². The fourth-order valence-corrected chi connectivity index (χ4v) is 2.45. The molecule has 6 heteroatoms. The molecule has 0 aromatic carbocycles. The van der Waals surface area contributed by atoms with E-state index in [1.54, 1.807) is 10.6 Å². The summed E-state index contributed by atoms with van der Waals surface area (Å²) in [6.07, 6.45) is 3.52. The molecule has 3 aromatic rings. The second-order valence-electron chi connectivity index (χ2n) is 5.05. The van der Waals surface area contributed by atoms with E-state index in [2.05, 4.69) is 15.3 Å². The second-order valence-corrected chi connectivity index (χ2v) is 5.05. The van der Waals surface area contributed by atoms with Crippen molar-refractivity contribution in [1.82, 2.24) is 19.7 Å². The SMILES string of the molecule is CCOc1cccn2c(C(=O)NCc3ccccn3)c(C)nc12. The number of hydrogen-bond acceptors (Lipinski definition) is 4. The zero-order valence-corrected chi connectivity index (χ0v) is 13.1. The Kier molecular flexibility index (Phi) is 4.23. The number of rotatable bonds is 5. The quantitative estimate of drug-likeness (QED) is 0.785. The number of imidazole rings is 1. The smallest absolute Gasteiger partial charge is 0.270 e. The van der Waals surface area contributed by atoms with Crippen LogP contribution in [0.25, 0.3) is 5.65 Å². The van der Waals surface area contributed by atoms with Crippen LogP contribution in [0.5, 0.6) is 5.75 Å². The van der Waals surface area contributed by atoms with E-state index in [0.717, 1.165) is 5.69 Å². The van der Waals surface area contributed by atoms with Gasteiger partial charge in [-0.05, 0) is 38.1 Å². The summed E-state index contributed by atoms with van der Waals surface area (Å²) in [5.74, 6) is 0.483. The Morgan fingerprint density at radius 1 is 1.30 bits per heavy atom. The Balaban J connectivity index is 1.88. The molecule has 1 N–H and O–H groups in total. The molecule has 0 atom stereocenters. The molecular weight excluding hydrogens is 292 g/mol. The molecule has 23 heavy (non-hydrogen) atoms. The van der Waals surface area contributed by atoms with Gasteiger partial charge in [0.2, 0.25) is 0 Å². The summed E-state index contributed by atoms with van der Waals surface area (Å²) in [6, 6.07) is 9.29. The molecule has 0 unspecified atom stereocenters. The zero-order valence-electron chi connectivity index (χ0n) is 13.1. The zero-order chi connectivity index (χ0) is 16.2. The van der Waals surface area contributed by atoms with Crippen molar-refractivity contribution in [1.29, 1.82) is 0 Å². The van der Waals surface area contributed by atoms with Crippen LogP contribution in [0.15, 0.2) is 42.7 Å². The average Bonchev–Trinajstić information content (AvgIpc) is 2.91. The third-order valence-corrected chi connectivity index (χ3v) is 3.46. The second kappa shape index (κ2) is 6.48. The number of carbonyl (C=O) groups is 1. The highest BCUT2D eigenvalue weighted by molar-refractivity contribution is 5.94. The number of pyridine rings is 2. The Morgan fingerprint density at radius 3 is 2.91 bits per heavy atom. The summed E-state index contributed by atoms with van der Waals surface area (Å²) >= 11 is 0. The van der Waals surface area contributed by atoms with Gasteiger partial charge in [-0.1, -0.05) is 6.07 Å². The van der Waals surface area contributed by atoms with Crippen molar-refractivity contribution in [3.63, 3.8) is 0 Å². The predicted octanol–water partition coefficient (Wildman–Crippen LogP) is 2.37. The van der Waals surface area contributed by atoms with Crippen molar-refractivity contribution < 1.29 is 9.53 Å². The largest absolute Gasteiger partial charge is 0.490 e. The van der Waals surface area contributed by atoms with Crippen LogP contribution in [0, 0.1) is 6.92 Å². The Labute approximate surface area is 134 Å². The van der Waals surface area contributed by atoms with Crippen LogP contribution in [0.3, 0.4) is 0 Å². The van der Waals surface area contributed by atoms with Crippen LogP contribution >= 0.6 is 0 Å². The van der Waals surface area contributed by atoms with Gasteiger partial charge in [0.15, 0.2) is 11.4 Å². The number of nitrogens with zero attached hydrogens (tertiary/aromatic N) is 3. The maximum absolute atomic E-state index is 12.5. The fourth-order valence-electron chi connectivity index (χ4n) is 2.45. The number of nitrogens with one attached hydrogen (secondary N) is 1. The van der Waals surface area contributed by atoms with Crippen molar-refractivity contribution in [3.05, 3.63) is 59.8 Å². The van der Waals surface area contributed by atoms with Gasteiger partial charge in [0.05, 0.1) is 24.5 Å². The number of ether oxygens (including phenoxy) is 1. The van der Waals surface area contributed by atoms with E-state index in [0.29, 0.717) is 35.9 Å². The van der Waals surface area contributed by atoms with E-state index >= 15 is 0 Å². The van der Waals surface area contributed by atoms with E-state index in [4.69, 9.17) is 4.74 Å². The molecule has 6 nitrogen and oxygen atoms in total. The number of hydrogen-bond donors (Lipinski definition) is 1. The molecule has 0 saturated carbocycles. The van der Waals surface area contributed by atoms with Crippen LogP contribution in [-0.2, 0) is 6.54 Å². The molecule has 3 aromatic heterocycles. The van der Waals surface area contributed by atoms with Crippen molar-refractivity contribution in [2.75, 3.05) is 6.61 Å². The van der Waals surface area contributed by atoms with Crippen molar-refractivity contribution in [2.24, 2.45) is 0 Å². The lowest BCUT2D eigenvalue weighted by Crippen LogP contribution is -2.25. The van der Waals surface area contributed by atoms with Crippen LogP contribution in [0.4, 0.5) is 0 Å². The molecule has 0 aliphatic carbocycles. The molecule has 118 valence electrons. The number of aryl methyl sites for hydroxylation is 1. The first-order valence-electron chi connectivity index (χ1n) is 7.49. The topological polar surface area (TPSA) is 68.5 Å². The lowest BCUT2D eigenvalue weighted by atomic mass is 10.3. The van der Waals surface area contributed by atoms with Crippen LogP contribution in [0.1, 0.15) is 28.8 Å². The minimum atomic E-state index is -0.186. The Bertz CT molecular complexity index is 827. The number of fused-ring (bicyclic) bond motifs is 1. The molecule has 1 amide bonds. The van der Waals surface area contributed by atoms with Gasteiger partial charge in [-0.3, -0.25) is 14.2 Å². The molecule has 0 bridgehead atoms. The lowest BCUT2D eigenvalue weighted by molar-refractivity contribution is 0.0944. The summed E-state index contributed by atoms with van der Waals surface area (Å²) in [5, 5.41) is 2.88. The van der Waals surface area contributed by atoms with E-state index in [1.807, 2.05) is 50.4 Å². The minimum Gasteiger partial charge on any atom is -0.490 e. The molecular formula is C17H18N4O2. The molecule has 3 heterocycles. The maximum atomic E-state index is 12.5. The van der Waals surface area contributed by atoms with Gasteiger partial charge in [-0.15, -0.1) is 0 Å². The molecule has 0 saturated heterocycles. The molecule has 0 radical (unpaired) electrons. The number of amides is 1. The van der Waals surface area contributed by atoms with Gasteiger partial charge in [0, 0.05) is 12.4 Å². The third kappa shape index (κ3) is 3.01. The first-order valence-corrected chi connectivity index (χ1v) is 7.49. The first kappa shape index (κ1) is 15.0. The standard InChI is InChI=1S/C17H18N4O2/c1-3-23-14-8-6-10-21-15(12(2)20-16(14)21)17(22)19-11-13-7-4-5-9-18-13/h4-10H,3,11H2,1-2H3,(H,19,22). The summed E-state index contributed by atoms with van der Waals surface area (Å²) in [7, 11) is 0. The summed E-state index contributed by atoms with van der Waals surface area (Å²) in [4.78, 5) is 21.2. The van der Waals surface area contributed by atoms with E-state index in [9.17, 15) is 4.79 Å². The van der Waals surface area contributed by atoms with E-state index < -0.39 is 0 Å². The van der Waals surface area contributed by atoms with E-state index in [1.165, 1.54) is 0 Å². The molecule has 0 fully saturated rings. The highest BCUT2D eigenvalue weighted by Crippen LogP contribution is 2.22. The van der Waals surface area contributed by atoms with Crippen LogP contribution in [0.2, 0.25) is 0 Å². The lowest BCUT2D eigenvalue weighted by Gasteiger charge is -2.07. The summed E-state index contributed by atoms with van der Waals surface area (Å²) in [5.41, 5.74) is 2.63.